The lowest BCUT2D eigenvalue weighted by atomic mass is 9.86. The van der Waals surface area contributed by atoms with Gasteiger partial charge in [0.25, 0.3) is 0 Å². The van der Waals surface area contributed by atoms with Gasteiger partial charge in [0.05, 0.1) is 6.23 Å². The molecule has 770 valence electrons. The monoisotopic (exact) mass is 1950 g/mol. The number of rotatable bonds is 75. The number of allylic oxidation sites excluding steroid dienone is 20. The Kier molecular flexibility index (Phi) is 79.0. The Bertz CT molecular complexity index is 2880. The second-order valence-electron chi connectivity index (χ2n) is 52.8. The summed E-state index contributed by atoms with van der Waals surface area (Å²) in [5.41, 5.74) is 0. The standard InChI is InChI=1S/C30H60O3Si2.3C30H60Si2/c1-11-18-29(28(5)24-35(25-31,32-6)33-7)21-22-30(27(4)23-34(8,9)10)20-17-15-13-12-14-16-19-26(2)3;1-12-19-29(27(4)24-31(6,7)8)22-23-30(28(5)25-32(9,10)11)21-18-16-14-13-15-17-20-26(2)3;2*1-12-13-20-29(27(4)24-31(6,7)8)22-23-30(28(5)25-32(9,10)11)21-18-16-14-15-17-19-26(2)3/h11,17,20-22,26-31H,1,12-16,18-19,23-25H2,2-10H3;12,18,21-23,26-30H,1,13-17,19-20,24-25H2,2-11H3;2*12-13,20,22-23,26-30H,1,14-19,21,24-25H2,2-11H3/b20-17+,22-21+;21-18+,23-22+;2*20-13+,23-22+. The molecule has 0 bridgehead atoms. The van der Waals surface area contributed by atoms with Crippen LogP contribution < -0.4 is 0 Å². The van der Waals surface area contributed by atoms with Crippen LogP contribution in [-0.4, -0.2) is 90.6 Å². The van der Waals surface area contributed by atoms with Gasteiger partial charge in [0.1, 0.15) is 0 Å². The highest BCUT2D eigenvalue weighted by Gasteiger charge is 2.39. The summed E-state index contributed by atoms with van der Waals surface area (Å²) in [6.45, 7) is 107. The molecule has 3 nitrogen and oxygen atoms in total. The Balaban J connectivity index is -0.000000821. The topological polar surface area (TPSA) is 38.7 Å². The van der Waals surface area contributed by atoms with E-state index < -0.39 is 65.1 Å². The smallest absolute Gasteiger partial charge is 0.364 e. The second-order valence-corrected chi connectivity index (χ2v) is 94.8. The second kappa shape index (κ2) is 76.3. The molecule has 0 aromatic carbocycles. The number of aliphatic hydroxyl groups excluding tert-OH is 1. The molecule has 0 radical (unpaired) electrons. The van der Waals surface area contributed by atoms with Gasteiger partial charge in [-0.1, -0.05) is 554 Å². The van der Waals surface area contributed by atoms with Crippen LogP contribution in [0.25, 0.3) is 0 Å². The van der Waals surface area contributed by atoms with Crippen molar-refractivity contribution >= 4 is 65.1 Å². The van der Waals surface area contributed by atoms with Crippen molar-refractivity contribution in [2.24, 2.45) is 118 Å². The maximum absolute atomic E-state index is 9.92. The fraction of sp³-hybridized carbons (Fsp3) is 0.800. The molecule has 131 heavy (non-hydrogen) atoms. The molecule has 0 aliphatic heterocycles. The maximum Gasteiger partial charge on any atom is 0.364 e. The van der Waals surface area contributed by atoms with Crippen molar-refractivity contribution in [2.45, 2.75) is 476 Å². The van der Waals surface area contributed by atoms with Crippen LogP contribution in [0.1, 0.15) is 291 Å². The van der Waals surface area contributed by atoms with E-state index in [9.17, 15) is 5.11 Å². The van der Waals surface area contributed by atoms with Gasteiger partial charge in [0.2, 0.25) is 0 Å². The van der Waals surface area contributed by atoms with Crippen LogP contribution in [0, 0.1) is 118 Å². The summed E-state index contributed by atoms with van der Waals surface area (Å²) in [5, 5.41) is 9.92. The lowest BCUT2D eigenvalue weighted by molar-refractivity contribution is 0.188. The number of aliphatic hydroxyl groups is 1. The van der Waals surface area contributed by atoms with Gasteiger partial charge >= 0.3 is 8.56 Å². The van der Waals surface area contributed by atoms with Crippen molar-refractivity contribution in [2.75, 3.05) is 20.4 Å². The summed E-state index contributed by atoms with van der Waals surface area (Å²) >= 11 is 0. The molecule has 0 heterocycles. The largest absolute Gasteiger partial charge is 0.396 e. The average Bonchev–Trinajstić information content (AvgIpc) is 0.857. The van der Waals surface area contributed by atoms with E-state index in [1.807, 2.05) is 18.2 Å². The molecule has 0 aliphatic carbocycles. The van der Waals surface area contributed by atoms with Crippen molar-refractivity contribution in [3.05, 3.63) is 148 Å². The van der Waals surface area contributed by atoms with E-state index >= 15 is 0 Å². The zero-order valence-corrected chi connectivity index (χ0v) is 104. The van der Waals surface area contributed by atoms with Crippen LogP contribution in [0.2, 0.25) is 186 Å². The molecule has 11 heteroatoms. The first kappa shape index (κ1) is 136. The summed E-state index contributed by atoms with van der Waals surface area (Å²) in [5.74, 6) is 13.5. The highest BCUT2D eigenvalue weighted by Crippen LogP contribution is 2.38. The summed E-state index contributed by atoms with van der Waals surface area (Å²) in [4.78, 5) is 0. The van der Waals surface area contributed by atoms with Crippen LogP contribution in [-0.2, 0) is 8.85 Å². The van der Waals surface area contributed by atoms with E-state index in [-0.39, 0.29) is 6.23 Å². The van der Waals surface area contributed by atoms with Gasteiger partial charge in [0, 0.05) is 70.7 Å². The molecule has 0 rings (SSSR count). The molecule has 16 unspecified atom stereocenters. The fourth-order valence-electron chi connectivity index (χ4n) is 20.4. The summed E-state index contributed by atoms with van der Waals surface area (Å²) in [7, 11) is -6.69. The molecule has 0 aromatic heterocycles. The highest BCUT2D eigenvalue weighted by atomic mass is 28.4. The van der Waals surface area contributed by atoms with Crippen molar-refractivity contribution < 1.29 is 14.0 Å². The summed E-state index contributed by atoms with van der Waals surface area (Å²) in [6, 6.07) is 10.6. The van der Waals surface area contributed by atoms with E-state index in [1.54, 1.807) is 14.2 Å². The van der Waals surface area contributed by atoms with E-state index in [0.717, 1.165) is 78.1 Å². The van der Waals surface area contributed by atoms with Crippen LogP contribution in [0.4, 0.5) is 0 Å². The lowest BCUT2D eigenvalue weighted by Gasteiger charge is -2.31. The molecule has 0 aromatic rings. The van der Waals surface area contributed by atoms with Crippen LogP contribution in [0.3, 0.4) is 0 Å². The SMILES string of the molecule is C=C/C=C/C(/C=C/C(CCCCCCCC(C)C)C(C)C[Si](C)(C)C)C(C)C[Si](C)(C)C.C=C/C=C/C(/C=C/C(CCCCCCCC(C)C)C(C)C[Si](C)(C)C)C(C)C[Si](C)(C)C.C=CCC(/C=C/C(/C=C/CCCCCCC(C)C)C(C)C[Si](C)(C)C)C(C)C[Si](C)(C)C.C=CCC(/C=C/C(/C=C/CCCCCCC(C)C)C(C)C[Si](C)(C)C)C(C)C[Si](CO)(OC)OC. The first-order valence-electron chi connectivity index (χ1n) is 55.3. The van der Waals surface area contributed by atoms with Gasteiger partial charge in [-0.25, -0.2) is 0 Å². The number of unbranched alkanes of at least 4 members (excludes halogenated alkanes) is 16. The van der Waals surface area contributed by atoms with Crippen LogP contribution in [0.15, 0.2) is 148 Å². The zero-order chi connectivity index (χ0) is 101. The first-order valence-corrected chi connectivity index (χ1v) is 83.4. The highest BCUT2D eigenvalue weighted by molar-refractivity contribution is 6.78. The predicted molar refractivity (Wildman–Crippen MR) is 633 cm³/mol. The minimum atomic E-state index is -2.55. The molecule has 0 saturated heterocycles. The molecular weight excluding hydrogens is 1710 g/mol. The van der Waals surface area contributed by atoms with E-state index in [2.05, 4.69) is 378 Å². The minimum absolute atomic E-state index is 0.00899. The van der Waals surface area contributed by atoms with Gasteiger partial charge in [-0.15, -0.1) is 13.2 Å². The molecule has 16 atom stereocenters. The van der Waals surface area contributed by atoms with Gasteiger partial charge in [-0.2, -0.15) is 0 Å². The molecule has 0 spiro atoms. The maximum atomic E-state index is 9.92. The molecular formula is C120H240O3Si8. The Morgan fingerprint density at radius 2 is 0.443 bits per heavy atom. The summed E-state index contributed by atoms with van der Waals surface area (Å²) < 4.78 is 11.4. The Hall–Kier alpha value is -1.50. The van der Waals surface area contributed by atoms with Gasteiger partial charge in [-0.3, -0.25) is 0 Å². The average molecular weight is 1960 g/mol. The van der Waals surface area contributed by atoms with Gasteiger partial charge < -0.3 is 14.0 Å². The molecule has 0 amide bonds. The third kappa shape index (κ3) is 85.0. The molecule has 0 saturated carbocycles. The minimum Gasteiger partial charge on any atom is -0.396 e. The summed E-state index contributed by atoms with van der Waals surface area (Å²) in [6.07, 6.45) is 85.2. The van der Waals surface area contributed by atoms with Crippen molar-refractivity contribution in [1.29, 1.82) is 0 Å². The van der Waals surface area contributed by atoms with E-state index in [0.29, 0.717) is 59.2 Å². The Labute approximate surface area is 835 Å². The quantitative estimate of drug-likeness (QED) is 0.0285. The Morgan fingerprint density at radius 3 is 0.664 bits per heavy atom. The van der Waals surface area contributed by atoms with Gasteiger partial charge in [0.15, 0.2) is 0 Å². The third-order valence-corrected chi connectivity index (χ3v) is 43.3. The van der Waals surface area contributed by atoms with Crippen molar-refractivity contribution in [3.8, 4) is 0 Å². The van der Waals surface area contributed by atoms with Crippen LogP contribution >= 0.6 is 0 Å². The third-order valence-electron chi connectivity index (χ3n) is 27.0. The fourth-order valence-corrected chi connectivity index (χ4v) is 38.1. The number of hydrogen-bond donors (Lipinski definition) is 1. The normalized spacial score (nSPS) is 17.1. The molecule has 0 fully saturated rings. The molecule has 0 aliphatic rings. The first-order chi connectivity index (χ1) is 60.7. The van der Waals surface area contributed by atoms with E-state index in [4.69, 9.17) is 8.85 Å². The van der Waals surface area contributed by atoms with Crippen molar-refractivity contribution in [3.63, 3.8) is 0 Å². The van der Waals surface area contributed by atoms with E-state index in [1.165, 1.54) is 209 Å². The molecule has 1 N–H and O–H groups in total. The lowest BCUT2D eigenvalue weighted by Crippen LogP contribution is -2.46. The predicted octanol–water partition coefficient (Wildman–Crippen LogP) is 41.3. The van der Waals surface area contributed by atoms with Crippen LogP contribution in [0.5, 0.6) is 0 Å². The number of hydrogen-bond acceptors (Lipinski definition) is 3. The Morgan fingerprint density at radius 1 is 0.237 bits per heavy atom. The van der Waals surface area contributed by atoms with Gasteiger partial charge in [-0.05, 0) is 176 Å². The van der Waals surface area contributed by atoms with Crippen molar-refractivity contribution in [1.82, 2.24) is 0 Å². The zero-order valence-electron chi connectivity index (χ0n) is 96.3.